The molecule has 0 fully saturated rings. The Bertz CT molecular complexity index is 1450. The summed E-state index contributed by atoms with van der Waals surface area (Å²) < 4.78 is 4.79. The van der Waals surface area contributed by atoms with Crippen molar-refractivity contribution in [2.75, 3.05) is 28.2 Å². The van der Waals surface area contributed by atoms with E-state index in [1.54, 1.807) is 0 Å². The molecule has 0 saturated heterocycles. The van der Waals surface area contributed by atoms with Crippen LogP contribution in [0.15, 0.2) is 64.3 Å². The van der Waals surface area contributed by atoms with Crippen LogP contribution in [0, 0.1) is 0 Å². The van der Waals surface area contributed by atoms with Crippen molar-refractivity contribution in [2.24, 2.45) is 7.05 Å². The summed E-state index contributed by atoms with van der Waals surface area (Å²) in [5.41, 5.74) is 3.36. The molecule has 8 nitrogen and oxygen atoms in total. The Hall–Kier alpha value is -4.07. The minimum atomic E-state index is -0.610. The Kier molecular flexibility index (Phi) is 5.44. The van der Waals surface area contributed by atoms with Gasteiger partial charge in [-0.25, -0.2) is 14.4 Å². The molecule has 0 aromatic heterocycles. The largest absolute Gasteiger partial charge is 0.383 e. The zero-order valence-electron chi connectivity index (χ0n) is 18.8. The van der Waals surface area contributed by atoms with Gasteiger partial charge in [-0.2, -0.15) is 4.98 Å². The lowest BCUT2D eigenvalue weighted by atomic mass is 10.1. The standard InChI is InChI=1S/C24H25N6O2/c1-27(2)14-17(15-28(3)4)16-10-12-18(13-11-16)30-20-9-7-6-8-19(20)25-21-22(30)26-24(32)29(5)23(21)31/h6-15H,1-5H3/q+1. The summed E-state index contributed by atoms with van der Waals surface area (Å²) in [5.74, 6) is 0.244. The van der Waals surface area contributed by atoms with Crippen LogP contribution < -0.4 is 11.2 Å². The van der Waals surface area contributed by atoms with Gasteiger partial charge in [0.2, 0.25) is 0 Å². The number of hydrogen-bond acceptors (Lipinski definition) is 5. The maximum absolute atomic E-state index is 12.8. The number of hydrogen-bond donors (Lipinski definition) is 0. The average molecular weight is 430 g/mol. The van der Waals surface area contributed by atoms with Crippen LogP contribution in [0.4, 0.5) is 0 Å². The molecule has 0 unspecified atom stereocenters. The number of allylic oxidation sites excluding steroid dienone is 1. The number of para-hydroxylation sites is 2. The first kappa shape index (κ1) is 21.2. The molecule has 2 aromatic rings. The van der Waals surface area contributed by atoms with Crippen LogP contribution in [0.1, 0.15) is 5.56 Å². The quantitative estimate of drug-likeness (QED) is 0.281. The summed E-state index contributed by atoms with van der Waals surface area (Å²) >= 11 is 0. The third-order valence-corrected chi connectivity index (χ3v) is 5.03. The molecule has 0 aliphatic carbocycles. The fourth-order valence-electron chi connectivity index (χ4n) is 3.60. The highest BCUT2D eigenvalue weighted by atomic mass is 16.2. The monoisotopic (exact) mass is 429 g/mol. The van der Waals surface area contributed by atoms with Crippen LogP contribution in [-0.2, 0) is 7.05 Å². The number of fused-ring (bicyclic) bond motifs is 2. The fraction of sp³-hybridized carbons (Fsp3) is 0.208. The van der Waals surface area contributed by atoms with Gasteiger partial charge in [-0.3, -0.25) is 13.9 Å². The van der Waals surface area contributed by atoms with Crippen LogP contribution in [0.2, 0.25) is 0 Å². The van der Waals surface area contributed by atoms with Gasteiger partial charge in [-0.05, 0) is 29.8 Å². The van der Waals surface area contributed by atoms with Crippen molar-refractivity contribution in [2.45, 2.75) is 0 Å². The van der Waals surface area contributed by atoms with Gasteiger partial charge in [0, 0.05) is 33.0 Å². The molecule has 2 aromatic carbocycles. The van der Waals surface area contributed by atoms with Gasteiger partial charge in [0.25, 0.3) is 5.56 Å². The van der Waals surface area contributed by atoms with Gasteiger partial charge < -0.3 is 4.90 Å². The van der Waals surface area contributed by atoms with E-state index in [1.807, 2.05) is 103 Å². The van der Waals surface area contributed by atoms with Gasteiger partial charge >= 0.3 is 5.69 Å². The summed E-state index contributed by atoms with van der Waals surface area (Å²) in [6.07, 6.45) is 4.10. The van der Waals surface area contributed by atoms with E-state index in [9.17, 15) is 9.59 Å². The molecule has 4 rings (SSSR count). The van der Waals surface area contributed by atoms with Gasteiger partial charge in [0.1, 0.15) is 14.1 Å². The number of benzene rings is 2. The Morgan fingerprint density at radius 2 is 1.69 bits per heavy atom. The molecule has 0 saturated carbocycles. The molecule has 0 amide bonds. The van der Waals surface area contributed by atoms with Crippen molar-refractivity contribution in [3.8, 4) is 17.2 Å². The Morgan fingerprint density at radius 1 is 1.00 bits per heavy atom. The Morgan fingerprint density at radius 3 is 2.34 bits per heavy atom. The lowest BCUT2D eigenvalue weighted by molar-refractivity contribution is -0.458. The summed E-state index contributed by atoms with van der Waals surface area (Å²) in [4.78, 5) is 35.7. The topological polar surface area (TPSA) is 76.0 Å². The number of aromatic nitrogens is 4. The maximum atomic E-state index is 12.8. The molecule has 0 radical (unpaired) electrons. The summed E-state index contributed by atoms with van der Waals surface area (Å²) in [6, 6.07) is 15.4. The van der Waals surface area contributed by atoms with E-state index in [2.05, 4.69) is 9.97 Å². The first-order chi connectivity index (χ1) is 15.3. The first-order valence-corrected chi connectivity index (χ1v) is 10.1. The molecule has 0 spiro atoms. The first-order valence-electron chi connectivity index (χ1n) is 10.1. The summed E-state index contributed by atoms with van der Waals surface area (Å²) in [7, 11) is 9.34. The van der Waals surface area contributed by atoms with Crippen molar-refractivity contribution >= 4 is 22.8 Å². The van der Waals surface area contributed by atoms with E-state index in [-0.39, 0.29) is 11.5 Å². The van der Waals surface area contributed by atoms with Crippen LogP contribution >= 0.6 is 0 Å². The normalized spacial score (nSPS) is 11.7. The minimum absolute atomic E-state index is 0.156. The van der Waals surface area contributed by atoms with Crippen LogP contribution in [-0.4, -0.2) is 63.0 Å². The predicted octanol–water partition coefficient (Wildman–Crippen LogP) is 1.83. The van der Waals surface area contributed by atoms with Crippen molar-refractivity contribution in [3.05, 3.63) is 81.1 Å². The van der Waals surface area contributed by atoms with E-state index in [1.165, 1.54) is 7.05 Å². The Balaban J connectivity index is 1.98. The molecule has 32 heavy (non-hydrogen) atoms. The van der Waals surface area contributed by atoms with Crippen molar-refractivity contribution in [3.63, 3.8) is 0 Å². The van der Waals surface area contributed by atoms with Gasteiger partial charge in [0.15, 0.2) is 17.7 Å². The fourth-order valence-corrected chi connectivity index (χ4v) is 3.60. The van der Waals surface area contributed by atoms with E-state index >= 15 is 0 Å². The van der Waals surface area contributed by atoms with E-state index in [0.717, 1.165) is 26.9 Å². The second-order valence-electron chi connectivity index (χ2n) is 8.05. The zero-order chi connectivity index (χ0) is 23.0. The highest BCUT2D eigenvalue weighted by Gasteiger charge is 2.21. The zero-order valence-corrected chi connectivity index (χ0v) is 18.8. The minimum Gasteiger partial charge on any atom is -0.383 e. The van der Waals surface area contributed by atoms with Crippen LogP contribution in [0.25, 0.3) is 33.8 Å². The summed E-state index contributed by atoms with van der Waals surface area (Å²) in [6.45, 7) is 0. The molecule has 2 aliphatic rings. The molecular formula is C24H25N6O2+. The van der Waals surface area contributed by atoms with Crippen molar-refractivity contribution in [1.82, 2.24) is 24.0 Å². The van der Waals surface area contributed by atoms with Crippen molar-refractivity contribution < 1.29 is 4.58 Å². The van der Waals surface area contributed by atoms with E-state index < -0.39 is 11.2 Å². The smallest absolute Gasteiger partial charge is 0.352 e. The molecule has 0 N–H and O–H groups in total. The molecule has 162 valence electrons. The molecular weight excluding hydrogens is 404 g/mol. The SMILES string of the molecule is CN(C)/C=C(/C=[N+](C)C)c1ccc(-n2c3nc(=O)n(C)c(=O)c-3nc3ccccc32)cc1. The maximum Gasteiger partial charge on any atom is 0.352 e. The highest BCUT2D eigenvalue weighted by molar-refractivity contribution is 6.07. The third kappa shape index (κ3) is 3.82. The summed E-state index contributed by atoms with van der Waals surface area (Å²) in [5, 5.41) is 0. The molecule has 2 aliphatic heterocycles. The van der Waals surface area contributed by atoms with Gasteiger partial charge in [-0.15, -0.1) is 0 Å². The molecule has 8 heteroatoms. The Labute approximate surface area is 185 Å². The van der Waals surface area contributed by atoms with E-state index in [4.69, 9.17) is 0 Å². The third-order valence-electron chi connectivity index (χ3n) is 5.03. The second kappa shape index (κ2) is 8.22. The second-order valence-corrected chi connectivity index (χ2v) is 8.05. The van der Waals surface area contributed by atoms with Gasteiger partial charge in [0.05, 0.1) is 16.6 Å². The molecule has 0 bridgehead atoms. The van der Waals surface area contributed by atoms with Crippen molar-refractivity contribution in [1.29, 1.82) is 0 Å². The molecule has 2 heterocycles. The number of rotatable bonds is 4. The van der Waals surface area contributed by atoms with Gasteiger partial charge in [-0.1, -0.05) is 24.3 Å². The van der Waals surface area contributed by atoms with Crippen LogP contribution in [0.5, 0.6) is 0 Å². The van der Waals surface area contributed by atoms with E-state index in [0.29, 0.717) is 5.52 Å². The molecule has 0 atom stereocenters. The average Bonchev–Trinajstić information content (AvgIpc) is 2.75. The predicted molar refractivity (Wildman–Crippen MR) is 127 cm³/mol. The highest BCUT2D eigenvalue weighted by Crippen LogP contribution is 2.26. The lowest BCUT2D eigenvalue weighted by Gasteiger charge is -2.17. The lowest BCUT2D eigenvalue weighted by Crippen LogP contribution is -2.36. The number of nitrogens with zero attached hydrogens (tertiary/aromatic N) is 6. The van der Waals surface area contributed by atoms with Crippen LogP contribution in [0.3, 0.4) is 0 Å².